The van der Waals surface area contributed by atoms with Gasteiger partial charge < -0.3 is 4.43 Å². The fourth-order valence-electron chi connectivity index (χ4n) is 8.54. The summed E-state index contributed by atoms with van der Waals surface area (Å²) >= 11 is 0. The molecular weight excluding hydrogens is 869 g/mol. The van der Waals surface area contributed by atoms with Crippen LogP contribution in [0.4, 0.5) is 0 Å². The first kappa shape index (κ1) is 54.0. The lowest BCUT2D eigenvalue weighted by Gasteiger charge is -2.42. The van der Waals surface area contributed by atoms with Crippen molar-refractivity contribution in [2.45, 2.75) is 146 Å². The van der Waals surface area contributed by atoms with Gasteiger partial charge in [-0.2, -0.15) is 0 Å². The molecule has 0 bridgehead atoms. The minimum absolute atomic E-state index is 0.101. The third-order valence-corrected chi connectivity index (χ3v) is 21.3. The molecule has 2 unspecified atom stereocenters. The van der Waals surface area contributed by atoms with E-state index in [2.05, 4.69) is 127 Å². The smallest absolute Gasteiger partial charge is 0.261 e. The Labute approximate surface area is 401 Å². The minimum atomic E-state index is -3.67. The lowest BCUT2D eigenvalue weighted by Crippen LogP contribution is -2.66. The molecule has 66 heavy (non-hydrogen) atoms. The van der Waals surface area contributed by atoms with Crippen molar-refractivity contribution in [3.63, 3.8) is 0 Å². The molecule has 4 rings (SSSR count). The van der Waals surface area contributed by atoms with Gasteiger partial charge in [0.1, 0.15) is 0 Å². The summed E-state index contributed by atoms with van der Waals surface area (Å²) in [5.74, 6) is 0. The van der Waals surface area contributed by atoms with E-state index in [0.29, 0.717) is 42.1 Å². The molecule has 0 saturated heterocycles. The monoisotopic (exact) mass is 944 g/mol. The molecule has 0 aromatic heterocycles. The van der Waals surface area contributed by atoms with E-state index in [4.69, 9.17) is 4.43 Å². The summed E-state index contributed by atoms with van der Waals surface area (Å²) in [7, 11) is -9.93. The van der Waals surface area contributed by atoms with Gasteiger partial charge >= 0.3 is 0 Å². The fraction of sp³-hybridized carbons (Fsp3) is 0.379. The van der Waals surface area contributed by atoms with Crippen molar-refractivity contribution in [3.8, 4) is 0 Å². The van der Waals surface area contributed by atoms with Crippen LogP contribution in [0.1, 0.15) is 121 Å². The van der Waals surface area contributed by atoms with Crippen LogP contribution in [0.3, 0.4) is 0 Å². The van der Waals surface area contributed by atoms with Crippen molar-refractivity contribution in [1.82, 2.24) is 0 Å². The highest BCUT2D eigenvalue weighted by molar-refractivity contribution is 7.92. The van der Waals surface area contributed by atoms with Crippen LogP contribution in [-0.2, 0) is 24.1 Å². The Morgan fingerprint density at radius 1 is 0.485 bits per heavy atom. The third-order valence-electron chi connectivity index (χ3n) is 12.2. The lowest BCUT2D eigenvalue weighted by molar-refractivity contribution is 0.338. The summed E-state index contributed by atoms with van der Waals surface area (Å²) in [6.07, 6.45) is 18.0. The molecule has 0 heterocycles. The molecule has 0 amide bonds. The number of allylic oxidation sites excluding steroid dienone is 9. The van der Waals surface area contributed by atoms with Gasteiger partial charge in [0.25, 0.3) is 8.32 Å². The van der Waals surface area contributed by atoms with Gasteiger partial charge in [0.2, 0.25) is 0 Å². The second-order valence-electron chi connectivity index (χ2n) is 19.3. The first-order valence-electron chi connectivity index (χ1n) is 23.5. The van der Waals surface area contributed by atoms with Crippen LogP contribution < -0.4 is 10.4 Å². The van der Waals surface area contributed by atoms with E-state index in [1.54, 1.807) is 48.5 Å². The summed E-state index contributed by atoms with van der Waals surface area (Å²) in [5.41, 5.74) is 6.55. The second kappa shape index (κ2) is 25.5. The molecule has 8 heteroatoms. The number of sulfone groups is 2. The molecule has 2 atom stereocenters. The highest BCUT2D eigenvalue weighted by Crippen LogP contribution is 2.37. The molecule has 0 N–H and O–H groups in total. The lowest BCUT2D eigenvalue weighted by atomic mass is 10.0. The zero-order valence-electron chi connectivity index (χ0n) is 41.4. The Morgan fingerprint density at radius 3 is 1.20 bits per heavy atom. The van der Waals surface area contributed by atoms with Crippen LogP contribution in [0.2, 0.25) is 5.04 Å². The molecule has 0 aliphatic heterocycles. The summed E-state index contributed by atoms with van der Waals surface area (Å²) in [5, 5.41) is 1.01. The molecule has 0 fully saturated rings. The Kier molecular flexibility index (Phi) is 20.9. The zero-order chi connectivity index (χ0) is 48.4. The molecule has 0 spiro atoms. The van der Waals surface area contributed by atoms with Gasteiger partial charge in [-0.1, -0.05) is 188 Å². The predicted octanol–water partition coefficient (Wildman–Crippen LogP) is 14.1. The van der Waals surface area contributed by atoms with Crippen LogP contribution in [0.5, 0.6) is 0 Å². The largest absolute Gasteiger partial charge is 0.404 e. The first-order valence-corrected chi connectivity index (χ1v) is 28.5. The van der Waals surface area contributed by atoms with Crippen molar-refractivity contribution >= 4 is 38.4 Å². The number of hydrogen-bond acceptors (Lipinski definition) is 5. The summed E-state index contributed by atoms with van der Waals surface area (Å²) in [4.78, 5) is 0.644. The maximum atomic E-state index is 14.2. The van der Waals surface area contributed by atoms with E-state index >= 15 is 0 Å². The maximum Gasteiger partial charge on any atom is 0.261 e. The first-order chi connectivity index (χ1) is 31.3. The summed E-state index contributed by atoms with van der Waals surface area (Å²) < 4.78 is 63.3. The maximum absolute atomic E-state index is 14.2. The molecule has 4 aromatic carbocycles. The Balaban J connectivity index is 1.47. The van der Waals surface area contributed by atoms with Crippen LogP contribution in [-0.4, -0.2) is 42.3 Å². The van der Waals surface area contributed by atoms with Gasteiger partial charge in [0, 0.05) is 0 Å². The van der Waals surface area contributed by atoms with E-state index < -0.39 is 38.5 Å². The Bertz CT molecular complexity index is 2500. The molecule has 4 aromatic rings. The number of rotatable bonds is 24. The van der Waals surface area contributed by atoms with E-state index in [-0.39, 0.29) is 5.04 Å². The average Bonchev–Trinajstić information content (AvgIpc) is 3.28. The molecule has 0 saturated carbocycles. The van der Waals surface area contributed by atoms with Crippen LogP contribution in [0.15, 0.2) is 201 Å². The average molecular weight is 945 g/mol. The van der Waals surface area contributed by atoms with Crippen molar-refractivity contribution in [3.05, 3.63) is 191 Å². The molecule has 354 valence electrons. The minimum Gasteiger partial charge on any atom is -0.404 e. The van der Waals surface area contributed by atoms with Gasteiger partial charge in [-0.3, -0.25) is 0 Å². The van der Waals surface area contributed by atoms with Gasteiger partial charge in [0.15, 0.2) is 19.7 Å². The molecule has 5 nitrogen and oxygen atoms in total. The highest BCUT2D eigenvalue weighted by atomic mass is 32.2. The quantitative estimate of drug-likeness (QED) is 0.0517. The van der Waals surface area contributed by atoms with E-state index in [1.807, 2.05) is 52.0 Å². The molecule has 0 aliphatic rings. The SMILES string of the molecule is CC(C)=CCCC(C)=CC(CC(C)=CCCC(C)=CC(CC(C)=CCCC(C)=CCO[Si](c1ccccc1)(c1ccccc1)C(C)(C)C)S(=O)(=O)c1ccccc1)S(=O)(=O)c1ccccc1. The second-order valence-corrected chi connectivity index (χ2v) is 27.9. The normalized spacial score (nSPS) is 14.8. The van der Waals surface area contributed by atoms with Crippen LogP contribution in [0.25, 0.3) is 0 Å². The van der Waals surface area contributed by atoms with E-state index in [1.165, 1.54) is 21.5 Å². The Hall–Kier alpha value is -4.60. The van der Waals surface area contributed by atoms with Gasteiger partial charge in [-0.15, -0.1) is 0 Å². The standard InChI is InChI=1S/C58H76O5S2Si/c1-46(2)26-23-28-48(4)42-54(64(59,60)52-32-15-11-16-33-52)44-50(6)30-25-31-51(7)45-55(65(61,62)53-34-17-12-18-35-53)43-49(5)29-24-27-47(3)40-41-63-66(58(8,9)10,56-36-19-13-20-37-56)57-38-21-14-22-39-57/h11-22,26,29-30,32-40,42,45,54-55H,23-25,27-28,31,41,43-44H2,1-10H3. The summed E-state index contributed by atoms with van der Waals surface area (Å²) in [6.45, 7) is 21.7. The van der Waals surface area contributed by atoms with Gasteiger partial charge in [0.05, 0.1) is 26.9 Å². The van der Waals surface area contributed by atoms with Crippen molar-refractivity contribution < 1.29 is 21.3 Å². The molecule has 0 aliphatic carbocycles. The van der Waals surface area contributed by atoms with Crippen LogP contribution >= 0.6 is 0 Å². The van der Waals surface area contributed by atoms with E-state index in [0.717, 1.165) is 48.0 Å². The van der Waals surface area contributed by atoms with Crippen molar-refractivity contribution in [1.29, 1.82) is 0 Å². The topological polar surface area (TPSA) is 77.5 Å². The van der Waals surface area contributed by atoms with Crippen molar-refractivity contribution in [2.24, 2.45) is 0 Å². The van der Waals surface area contributed by atoms with Crippen LogP contribution in [0, 0.1) is 0 Å². The highest BCUT2D eigenvalue weighted by Gasteiger charge is 2.50. The van der Waals surface area contributed by atoms with E-state index in [9.17, 15) is 16.8 Å². The predicted molar refractivity (Wildman–Crippen MR) is 284 cm³/mol. The molecule has 0 radical (unpaired) electrons. The number of benzene rings is 4. The van der Waals surface area contributed by atoms with Crippen molar-refractivity contribution in [2.75, 3.05) is 6.61 Å². The summed E-state index contributed by atoms with van der Waals surface area (Å²) in [6, 6.07) is 38.8. The van der Waals surface area contributed by atoms with Gasteiger partial charge in [-0.05, 0) is 140 Å². The Morgan fingerprint density at radius 2 is 0.833 bits per heavy atom. The van der Waals surface area contributed by atoms with Gasteiger partial charge in [-0.25, -0.2) is 16.8 Å². The molecular formula is C58H76O5S2Si. The number of hydrogen-bond donors (Lipinski definition) is 0. The zero-order valence-corrected chi connectivity index (χ0v) is 44.0. The fourth-order valence-corrected chi connectivity index (χ4v) is 16.6. The third kappa shape index (κ3) is 15.8.